The first-order chi connectivity index (χ1) is 12.5. The molecule has 2 aromatic carbocycles. The zero-order valence-corrected chi connectivity index (χ0v) is 15.4. The van der Waals surface area contributed by atoms with E-state index in [-0.39, 0.29) is 5.56 Å². The summed E-state index contributed by atoms with van der Waals surface area (Å²) in [6.07, 6.45) is -2.38. The third-order valence-electron chi connectivity index (χ3n) is 3.92. The summed E-state index contributed by atoms with van der Waals surface area (Å²) >= 11 is 5.90. The largest absolute Gasteiger partial charge is 0.418 e. The summed E-state index contributed by atoms with van der Waals surface area (Å²) in [4.78, 5) is -0.676. The van der Waals surface area contributed by atoms with Gasteiger partial charge in [-0.15, -0.1) is 0 Å². The van der Waals surface area contributed by atoms with Crippen LogP contribution in [0, 0.1) is 6.92 Å². The van der Waals surface area contributed by atoms with Crippen LogP contribution < -0.4 is 5.14 Å². The molecule has 3 aromatic rings. The summed E-state index contributed by atoms with van der Waals surface area (Å²) in [6, 6.07) is 7.97. The minimum atomic E-state index is -4.84. The molecule has 27 heavy (non-hydrogen) atoms. The van der Waals surface area contributed by atoms with Crippen LogP contribution in [0.15, 0.2) is 53.7 Å². The molecule has 2 N–H and O–H groups in total. The number of sulfonamides is 1. The Morgan fingerprint density at radius 2 is 1.89 bits per heavy atom. The van der Waals surface area contributed by atoms with E-state index in [4.69, 9.17) is 16.7 Å². The topological polar surface area (TPSA) is 78.0 Å². The van der Waals surface area contributed by atoms with E-state index in [0.717, 1.165) is 16.8 Å². The maximum Gasteiger partial charge on any atom is 0.418 e. The summed E-state index contributed by atoms with van der Waals surface area (Å²) in [5, 5.41) is 9.38. The highest BCUT2D eigenvalue weighted by molar-refractivity contribution is 7.89. The highest BCUT2D eigenvalue weighted by atomic mass is 35.5. The Bertz CT molecular complexity index is 1110. The van der Waals surface area contributed by atoms with Gasteiger partial charge >= 0.3 is 6.18 Å². The highest BCUT2D eigenvalue weighted by Crippen LogP contribution is 2.40. The van der Waals surface area contributed by atoms with Gasteiger partial charge in [-0.25, -0.2) is 18.2 Å². The first-order valence-corrected chi connectivity index (χ1v) is 9.45. The van der Waals surface area contributed by atoms with Gasteiger partial charge in [0, 0.05) is 17.4 Å². The van der Waals surface area contributed by atoms with Crippen LogP contribution in [0.25, 0.3) is 16.8 Å². The van der Waals surface area contributed by atoms with Crippen LogP contribution in [-0.4, -0.2) is 18.2 Å². The fourth-order valence-electron chi connectivity index (χ4n) is 2.78. The van der Waals surface area contributed by atoms with E-state index >= 15 is 0 Å². The monoisotopic (exact) mass is 415 g/mol. The molecule has 0 radical (unpaired) electrons. The number of alkyl halides is 3. The van der Waals surface area contributed by atoms with Crippen LogP contribution >= 0.6 is 11.6 Å². The van der Waals surface area contributed by atoms with E-state index in [1.165, 1.54) is 30.6 Å². The molecular formula is C17H13ClF3N3O2S. The Kier molecular flexibility index (Phi) is 4.79. The Morgan fingerprint density at radius 3 is 2.41 bits per heavy atom. The molecule has 0 spiro atoms. The molecule has 1 aromatic heterocycles. The number of nitrogens with zero attached hydrogens (tertiary/aromatic N) is 2. The number of rotatable bonds is 3. The summed E-state index contributed by atoms with van der Waals surface area (Å²) < 4.78 is 66.3. The van der Waals surface area contributed by atoms with E-state index in [2.05, 4.69) is 5.10 Å². The van der Waals surface area contributed by atoms with Gasteiger partial charge in [0.2, 0.25) is 10.0 Å². The number of hydrogen-bond donors (Lipinski definition) is 1. The molecule has 0 bridgehead atoms. The van der Waals surface area contributed by atoms with Gasteiger partial charge < -0.3 is 0 Å². The van der Waals surface area contributed by atoms with Crippen LogP contribution in [0.3, 0.4) is 0 Å². The van der Waals surface area contributed by atoms with Gasteiger partial charge in [0.15, 0.2) is 0 Å². The number of benzene rings is 2. The fraction of sp³-hybridized carbons (Fsp3) is 0.118. The second-order valence-corrected chi connectivity index (χ2v) is 7.79. The van der Waals surface area contributed by atoms with Gasteiger partial charge in [-0.05, 0) is 53.9 Å². The number of primary sulfonamides is 1. The Labute approximate surface area is 158 Å². The zero-order valence-electron chi connectivity index (χ0n) is 13.8. The number of aryl methyl sites for hydroxylation is 1. The summed E-state index contributed by atoms with van der Waals surface area (Å²) in [5.74, 6) is 0. The van der Waals surface area contributed by atoms with E-state index in [1.807, 2.05) is 0 Å². The molecule has 0 aliphatic rings. The number of hydrogen-bond acceptors (Lipinski definition) is 3. The predicted octanol–water partition coefficient (Wildman–Crippen LogP) is 4.17. The second-order valence-electron chi connectivity index (χ2n) is 5.82. The van der Waals surface area contributed by atoms with Crippen molar-refractivity contribution in [1.82, 2.24) is 9.78 Å². The van der Waals surface area contributed by atoms with Gasteiger partial charge in [0.25, 0.3) is 0 Å². The predicted molar refractivity (Wildman–Crippen MR) is 95.1 cm³/mol. The normalized spacial score (nSPS) is 12.4. The molecular weight excluding hydrogens is 403 g/mol. The fourth-order valence-corrected chi connectivity index (χ4v) is 3.78. The van der Waals surface area contributed by atoms with Crippen molar-refractivity contribution in [3.05, 3.63) is 64.9 Å². The Hall–Kier alpha value is -2.36. The van der Waals surface area contributed by atoms with Crippen molar-refractivity contribution in [3.8, 4) is 16.8 Å². The zero-order chi connectivity index (χ0) is 20.0. The van der Waals surface area contributed by atoms with Gasteiger partial charge in [-0.3, -0.25) is 0 Å². The van der Waals surface area contributed by atoms with E-state index in [0.29, 0.717) is 16.1 Å². The van der Waals surface area contributed by atoms with Gasteiger partial charge in [0.1, 0.15) is 4.90 Å². The molecule has 142 valence electrons. The molecule has 10 heteroatoms. The summed E-state index contributed by atoms with van der Waals surface area (Å²) in [6.45, 7) is 1.66. The maximum atomic E-state index is 13.8. The minimum Gasteiger partial charge on any atom is -0.239 e. The number of nitrogens with two attached hydrogens (primary N) is 1. The molecule has 0 amide bonds. The third-order valence-corrected chi connectivity index (χ3v) is 5.08. The molecule has 0 saturated heterocycles. The smallest absolute Gasteiger partial charge is 0.239 e. The average Bonchev–Trinajstić information content (AvgIpc) is 3.06. The number of aromatic nitrogens is 2. The van der Waals surface area contributed by atoms with Crippen molar-refractivity contribution in [2.45, 2.75) is 18.0 Å². The molecule has 0 fully saturated rings. The van der Waals surface area contributed by atoms with E-state index in [1.54, 1.807) is 13.0 Å². The molecule has 3 rings (SSSR count). The lowest BCUT2D eigenvalue weighted by Crippen LogP contribution is -2.20. The van der Waals surface area contributed by atoms with E-state index in [9.17, 15) is 21.6 Å². The van der Waals surface area contributed by atoms with Gasteiger partial charge in [0.05, 0.1) is 11.3 Å². The molecule has 0 unspecified atom stereocenters. The van der Waals surface area contributed by atoms with E-state index < -0.39 is 32.3 Å². The summed E-state index contributed by atoms with van der Waals surface area (Å²) in [7, 11) is -4.48. The lowest BCUT2D eigenvalue weighted by atomic mass is 9.97. The first-order valence-electron chi connectivity index (χ1n) is 7.53. The maximum absolute atomic E-state index is 13.8. The van der Waals surface area contributed by atoms with Crippen molar-refractivity contribution in [2.75, 3.05) is 0 Å². The second kappa shape index (κ2) is 6.66. The van der Waals surface area contributed by atoms with Crippen LogP contribution in [-0.2, 0) is 16.2 Å². The van der Waals surface area contributed by atoms with Crippen LogP contribution in [0.4, 0.5) is 13.2 Å². The SMILES string of the molecule is Cc1cc(Cl)ccc1-c1cc(C(F)(F)F)c(-n2cccn2)c(S(N)(=O)=O)c1. The van der Waals surface area contributed by atoms with Crippen molar-refractivity contribution < 1.29 is 21.6 Å². The van der Waals surface area contributed by atoms with Gasteiger partial charge in [-0.2, -0.15) is 18.3 Å². The lowest BCUT2D eigenvalue weighted by molar-refractivity contribution is -0.137. The first kappa shape index (κ1) is 19.4. The Balaban J connectivity index is 2.43. The highest BCUT2D eigenvalue weighted by Gasteiger charge is 2.38. The molecule has 0 aliphatic carbocycles. The number of halogens is 4. The molecule has 1 heterocycles. The van der Waals surface area contributed by atoms with Crippen molar-refractivity contribution in [2.24, 2.45) is 5.14 Å². The van der Waals surface area contributed by atoms with Gasteiger partial charge in [-0.1, -0.05) is 17.7 Å². The van der Waals surface area contributed by atoms with Crippen molar-refractivity contribution in [3.63, 3.8) is 0 Å². The lowest BCUT2D eigenvalue weighted by Gasteiger charge is -2.19. The molecule has 0 saturated carbocycles. The molecule has 0 aliphatic heterocycles. The minimum absolute atomic E-state index is 0.0522. The summed E-state index contributed by atoms with van der Waals surface area (Å²) in [5.41, 5.74) is -0.770. The third kappa shape index (κ3) is 3.85. The van der Waals surface area contributed by atoms with Crippen molar-refractivity contribution >= 4 is 21.6 Å². The quantitative estimate of drug-likeness (QED) is 0.697. The van der Waals surface area contributed by atoms with Crippen LogP contribution in [0.1, 0.15) is 11.1 Å². The van der Waals surface area contributed by atoms with Crippen LogP contribution in [0.2, 0.25) is 5.02 Å². The Morgan fingerprint density at radius 1 is 1.19 bits per heavy atom. The molecule has 5 nitrogen and oxygen atoms in total. The average molecular weight is 416 g/mol. The van der Waals surface area contributed by atoms with Crippen LogP contribution in [0.5, 0.6) is 0 Å². The molecule has 0 atom stereocenters. The standard InChI is InChI=1S/C17H13ClF3N3O2S/c1-10-7-12(18)3-4-13(10)11-8-14(17(19,20)21)16(24-6-2-5-23-24)15(9-11)27(22,25)26/h2-9H,1H3,(H2,22,25,26). The van der Waals surface area contributed by atoms with Crippen molar-refractivity contribution in [1.29, 1.82) is 0 Å².